The molecule has 1 aromatic carbocycles. The van der Waals surface area contributed by atoms with Crippen LogP contribution >= 0.6 is 11.6 Å². The van der Waals surface area contributed by atoms with Crippen molar-refractivity contribution in [3.8, 4) is 6.07 Å². The van der Waals surface area contributed by atoms with Gasteiger partial charge in [-0.3, -0.25) is 0 Å². The number of aromatic amines is 1. The van der Waals surface area contributed by atoms with E-state index in [2.05, 4.69) is 25.9 Å². The summed E-state index contributed by atoms with van der Waals surface area (Å²) in [5, 5.41) is 24.8. The Morgan fingerprint density at radius 3 is 3.00 bits per heavy atom. The number of rotatable bonds is 3. The van der Waals surface area contributed by atoms with E-state index in [-0.39, 0.29) is 16.4 Å². The fourth-order valence-electron chi connectivity index (χ4n) is 1.18. The largest absolute Gasteiger partial charge is 0.359 e. The number of nitriles is 1. The number of H-pyrrole nitrogens is 1. The smallest absolute Gasteiger partial charge is 0.216 e. The molecule has 0 radical (unpaired) electrons. The number of aromatic nitrogens is 4. The van der Waals surface area contributed by atoms with Crippen molar-refractivity contribution in [1.82, 2.24) is 20.6 Å². The van der Waals surface area contributed by atoms with E-state index in [1.54, 1.807) is 0 Å². The van der Waals surface area contributed by atoms with Gasteiger partial charge in [0.15, 0.2) is 0 Å². The minimum absolute atomic E-state index is 0.156. The number of anilines is 1. The van der Waals surface area contributed by atoms with E-state index in [4.69, 9.17) is 16.9 Å². The predicted molar refractivity (Wildman–Crippen MR) is 62.8 cm³/mol. The van der Waals surface area contributed by atoms with Crippen molar-refractivity contribution in [2.75, 3.05) is 5.32 Å². The van der Waals surface area contributed by atoms with Gasteiger partial charge in [-0.25, -0.2) is 4.39 Å². The van der Waals surface area contributed by atoms with E-state index < -0.39 is 5.82 Å². The van der Waals surface area contributed by atoms with Crippen LogP contribution in [0.1, 0.15) is 5.82 Å². The Labute approximate surface area is 106 Å². The second-order valence-corrected chi connectivity index (χ2v) is 3.58. The standard InChI is InChI=1S/C10H6ClFN6/c11-8-3-7(12)1-2-9(8)14-5-6(4-13)10-15-17-18-16-10/h1-3,5,14H,(H,15,16,17,18). The second-order valence-electron chi connectivity index (χ2n) is 3.17. The van der Waals surface area contributed by atoms with Gasteiger partial charge in [0.25, 0.3) is 0 Å². The lowest BCUT2D eigenvalue weighted by Crippen LogP contribution is -1.94. The first-order valence-corrected chi connectivity index (χ1v) is 5.14. The maximum atomic E-state index is 12.8. The zero-order valence-corrected chi connectivity index (χ0v) is 9.61. The second kappa shape index (κ2) is 5.25. The quantitative estimate of drug-likeness (QED) is 0.827. The van der Waals surface area contributed by atoms with Crippen molar-refractivity contribution >= 4 is 22.9 Å². The number of nitrogens with zero attached hydrogens (tertiary/aromatic N) is 4. The monoisotopic (exact) mass is 264 g/mol. The number of allylic oxidation sites excluding steroid dienone is 1. The lowest BCUT2D eigenvalue weighted by atomic mass is 10.3. The van der Waals surface area contributed by atoms with Crippen LogP contribution in [0.15, 0.2) is 24.4 Å². The lowest BCUT2D eigenvalue weighted by Gasteiger charge is -2.03. The van der Waals surface area contributed by atoms with E-state index in [1.807, 2.05) is 6.07 Å². The highest BCUT2D eigenvalue weighted by Gasteiger charge is 2.06. The molecule has 2 N–H and O–H groups in total. The molecule has 0 spiro atoms. The minimum atomic E-state index is -0.437. The molecule has 1 aromatic heterocycles. The highest BCUT2D eigenvalue weighted by molar-refractivity contribution is 6.33. The van der Waals surface area contributed by atoms with Gasteiger partial charge in [0.05, 0.1) is 10.7 Å². The summed E-state index contributed by atoms with van der Waals surface area (Å²) < 4.78 is 12.8. The number of benzene rings is 1. The summed E-state index contributed by atoms with van der Waals surface area (Å²) in [5.41, 5.74) is 0.637. The number of nitrogens with one attached hydrogen (secondary N) is 2. The number of hydrogen-bond acceptors (Lipinski definition) is 5. The summed E-state index contributed by atoms with van der Waals surface area (Å²) in [6, 6.07) is 5.78. The van der Waals surface area contributed by atoms with Crippen molar-refractivity contribution in [2.45, 2.75) is 0 Å². The van der Waals surface area contributed by atoms with E-state index in [0.717, 1.165) is 6.07 Å². The summed E-state index contributed by atoms with van der Waals surface area (Å²) in [7, 11) is 0. The van der Waals surface area contributed by atoms with Crippen LogP contribution in [0.25, 0.3) is 5.57 Å². The average molecular weight is 265 g/mol. The minimum Gasteiger partial charge on any atom is -0.359 e. The molecule has 2 rings (SSSR count). The molecule has 0 fully saturated rings. The SMILES string of the molecule is N#CC(=CNc1ccc(F)cc1Cl)c1nn[nH]n1. The Morgan fingerprint density at radius 2 is 2.39 bits per heavy atom. The molecule has 2 aromatic rings. The first-order chi connectivity index (χ1) is 8.70. The average Bonchev–Trinajstić information content (AvgIpc) is 2.86. The Morgan fingerprint density at radius 1 is 1.56 bits per heavy atom. The predicted octanol–water partition coefficient (Wildman–Crippen LogP) is 1.97. The number of hydrogen-bond donors (Lipinski definition) is 2. The van der Waals surface area contributed by atoms with Gasteiger partial charge in [0, 0.05) is 6.20 Å². The molecule has 0 aliphatic carbocycles. The topological polar surface area (TPSA) is 90.3 Å². The van der Waals surface area contributed by atoms with Gasteiger partial charge in [-0.15, -0.1) is 10.2 Å². The van der Waals surface area contributed by atoms with Gasteiger partial charge in [0.1, 0.15) is 17.5 Å². The summed E-state index contributed by atoms with van der Waals surface area (Å²) >= 11 is 5.82. The molecule has 0 aliphatic heterocycles. The Kier molecular flexibility index (Phi) is 3.50. The molecule has 1 heterocycles. The van der Waals surface area contributed by atoms with Crippen LogP contribution in [0, 0.1) is 17.1 Å². The fraction of sp³-hybridized carbons (Fsp3) is 0. The summed E-state index contributed by atoms with van der Waals surface area (Å²) in [6.45, 7) is 0. The van der Waals surface area contributed by atoms with Crippen LogP contribution in [0.2, 0.25) is 5.02 Å². The van der Waals surface area contributed by atoms with Crippen molar-refractivity contribution in [3.05, 3.63) is 41.1 Å². The van der Waals surface area contributed by atoms with Crippen LogP contribution in [0.5, 0.6) is 0 Å². The van der Waals surface area contributed by atoms with E-state index in [1.165, 1.54) is 18.3 Å². The number of halogens is 2. The highest BCUT2D eigenvalue weighted by atomic mass is 35.5. The van der Waals surface area contributed by atoms with Gasteiger partial charge in [0.2, 0.25) is 5.82 Å². The van der Waals surface area contributed by atoms with Gasteiger partial charge >= 0.3 is 0 Å². The molecule has 6 nitrogen and oxygen atoms in total. The fourth-order valence-corrected chi connectivity index (χ4v) is 1.40. The molecule has 0 atom stereocenters. The Balaban J connectivity index is 2.22. The zero-order valence-electron chi connectivity index (χ0n) is 8.85. The normalized spacial score (nSPS) is 11.1. The third-order valence-corrected chi connectivity index (χ3v) is 2.32. The first kappa shape index (κ1) is 12.0. The van der Waals surface area contributed by atoms with Crippen LogP contribution in [0.3, 0.4) is 0 Å². The van der Waals surface area contributed by atoms with Gasteiger partial charge in [-0.1, -0.05) is 11.6 Å². The van der Waals surface area contributed by atoms with E-state index in [0.29, 0.717) is 5.69 Å². The lowest BCUT2D eigenvalue weighted by molar-refractivity contribution is 0.628. The van der Waals surface area contributed by atoms with Crippen LogP contribution in [-0.2, 0) is 0 Å². The highest BCUT2D eigenvalue weighted by Crippen LogP contribution is 2.22. The molecule has 0 saturated heterocycles. The van der Waals surface area contributed by atoms with E-state index in [9.17, 15) is 4.39 Å². The molecule has 90 valence electrons. The van der Waals surface area contributed by atoms with Crippen LogP contribution < -0.4 is 5.32 Å². The molecule has 0 aliphatic rings. The molecule has 0 unspecified atom stereocenters. The molecule has 0 bridgehead atoms. The van der Waals surface area contributed by atoms with Crippen LogP contribution in [0.4, 0.5) is 10.1 Å². The van der Waals surface area contributed by atoms with Crippen molar-refractivity contribution < 1.29 is 4.39 Å². The van der Waals surface area contributed by atoms with Crippen LogP contribution in [-0.4, -0.2) is 20.6 Å². The summed E-state index contributed by atoms with van der Waals surface area (Å²) in [4.78, 5) is 0. The van der Waals surface area contributed by atoms with E-state index >= 15 is 0 Å². The maximum Gasteiger partial charge on any atom is 0.216 e. The zero-order chi connectivity index (χ0) is 13.0. The molecule has 18 heavy (non-hydrogen) atoms. The maximum absolute atomic E-state index is 12.8. The Hall–Kier alpha value is -2.46. The van der Waals surface area contributed by atoms with Gasteiger partial charge < -0.3 is 5.32 Å². The molecule has 8 heteroatoms. The number of tetrazole rings is 1. The van der Waals surface area contributed by atoms with Gasteiger partial charge in [-0.2, -0.15) is 10.5 Å². The van der Waals surface area contributed by atoms with Crippen molar-refractivity contribution in [2.24, 2.45) is 0 Å². The van der Waals surface area contributed by atoms with Gasteiger partial charge in [-0.05, 0) is 23.4 Å². The summed E-state index contributed by atoms with van der Waals surface area (Å²) in [5.74, 6) is -0.281. The molecular weight excluding hydrogens is 259 g/mol. The van der Waals surface area contributed by atoms with Crippen molar-refractivity contribution in [3.63, 3.8) is 0 Å². The molecular formula is C10H6ClFN6. The summed E-state index contributed by atoms with van der Waals surface area (Å²) in [6.07, 6.45) is 1.37. The third kappa shape index (κ3) is 2.61. The molecule has 0 saturated carbocycles. The Bertz CT molecular complexity index is 616. The third-order valence-electron chi connectivity index (χ3n) is 2.01. The van der Waals surface area contributed by atoms with Crippen molar-refractivity contribution in [1.29, 1.82) is 5.26 Å². The first-order valence-electron chi connectivity index (χ1n) is 4.76. The molecule has 0 amide bonds.